The smallest absolute Gasteiger partial charge is 0.407 e. The van der Waals surface area contributed by atoms with Gasteiger partial charge in [-0.25, -0.2) is 23.6 Å². The van der Waals surface area contributed by atoms with Crippen LogP contribution in [0.5, 0.6) is 11.5 Å². The Morgan fingerprint density at radius 3 is 2.34 bits per heavy atom. The fraction of sp³-hybridized carbons (Fsp3) is 0.361. The summed E-state index contributed by atoms with van der Waals surface area (Å²) in [5.74, 6) is -0.0801. The van der Waals surface area contributed by atoms with Crippen molar-refractivity contribution in [2.24, 2.45) is 0 Å². The molecule has 0 radical (unpaired) electrons. The topological polar surface area (TPSA) is 168 Å². The molecule has 1 aliphatic heterocycles. The van der Waals surface area contributed by atoms with Crippen molar-refractivity contribution in [1.82, 2.24) is 19.9 Å². The standard InChI is InChI=1S/C36H41ClFN7O8.2H2/c1-6-53-36(50)41-31(22(3)46)34(48)42-15-17-43(18-16-42)45-32(40-28-13-7-23(37)19-27(28)33(45)47)21(2)44(29-14-12-26(51-4)20-30(29)52-5)35(49)39-25-10-8-24(38)9-11-25;;/h7-14,19-22,31,46H,6,15-18H2,1-5H3,(H,39,49)(H,41,50);2*1H/t21?,22-,31+;;/m1../s1. The highest BCUT2D eigenvalue weighted by molar-refractivity contribution is 6.31. The summed E-state index contributed by atoms with van der Waals surface area (Å²) in [7, 11) is 2.94. The predicted octanol–water partition coefficient (Wildman–Crippen LogP) is 4.77. The summed E-state index contributed by atoms with van der Waals surface area (Å²) in [6.07, 6.45) is -2.05. The molecule has 3 aromatic carbocycles. The van der Waals surface area contributed by atoms with Gasteiger partial charge in [0.2, 0.25) is 5.91 Å². The molecule has 2 heterocycles. The van der Waals surface area contributed by atoms with E-state index in [0.717, 1.165) is 0 Å². The third-order valence-corrected chi connectivity index (χ3v) is 8.94. The lowest BCUT2D eigenvalue weighted by Crippen LogP contribution is -2.61. The monoisotopic (exact) mass is 757 g/mol. The molecule has 1 aromatic heterocycles. The maximum absolute atomic E-state index is 14.4. The molecular formula is C36H45ClFN7O8. The molecule has 0 bridgehead atoms. The van der Waals surface area contributed by atoms with Crippen LogP contribution in [0.15, 0.2) is 65.5 Å². The number of aliphatic hydroxyl groups excluding tert-OH is 1. The number of nitrogens with zero attached hydrogens (tertiary/aromatic N) is 5. The minimum Gasteiger partial charge on any atom is -0.497 e. The van der Waals surface area contributed by atoms with E-state index in [-0.39, 0.29) is 52.6 Å². The van der Waals surface area contributed by atoms with Crippen molar-refractivity contribution >= 4 is 51.9 Å². The average molecular weight is 758 g/mol. The van der Waals surface area contributed by atoms with Crippen molar-refractivity contribution in [1.29, 1.82) is 0 Å². The van der Waals surface area contributed by atoms with E-state index < -0.39 is 47.6 Å². The molecule has 1 saturated heterocycles. The van der Waals surface area contributed by atoms with Crippen LogP contribution in [0.4, 0.5) is 25.4 Å². The SMILES string of the molecule is CCOC(=O)N[C@H](C(=O)N1CCN(n2c(C(C)N(C(=O)Nc3ccc(F)cc3)c3ccc(OC)cc3OC)nc3ccc(Cl)cc3c2=O)CC1)[C@@H](C)O.[HH].[HH]. The Kier molecular flexibility index (Phi) is 12.3. The van der Waals surface area contributed by atoms with Gasteiger partial charge in [0.05, 0.1) is 62.7 Å². The summed E-state index contributed by atoms with van der Waals surface area (Å²) < 4.78 is 31.1. The zero-order chi connectivity index (χ0) is 38.4. The second kappa shape index (κ2) is 16.8. The first-order valence-corrected chi connectivity index (χ1v) is 17.2. The summed E-state index contributed by atoms with van der Waals surface area (Å²) in [5, 5.41) is 17.8. The van der Waals surface area contributed by atoms with E-state index in [1.165, 1.54) is 66.0 Å². The van der Waals surface area contributed by atoms with Crippen LogP contribution in [-0.4, -0.2) is 96.8 Å². The number of halogens is 2. The van der Waals surface area contributed by atoms with Gasteiger partial charge in [-0.2, -0.15) is 0 Å². The second-order valence-electron chi connectivity index (χ2n) is 12.1. The highest BCUT2D eigenvalue weighted by Gasteiger charge is 2.35. The van der Waals surface area contributed by atoms with Crippen LogP contribution in [0.1, 0.15) is 35.5 Å². The minimum atomic E-state index is -1.25. The van der Waals surface area contributed by atoms with Crippen LogP contribution in [-0.2, 0) is 9.53 Å². The normalized spacial score (nSPS) is 14.6. The molecule has 15 nitrogen and oxygen atoms in total. The van der Waals surface area contributed by atoms with Gasteiger partial charge in [0.15, 0.2) is 5.82 Å². The first-order chi connectivity index (χ1) is 25.4. The number of amides is 4. The lowest BCUT2D eigenvalue weighted by Gasteiger charge is -2.40. The van der Waals surface area contributed by atoms with E-state index in [9.17, 15) is 28.7 Å². The van der Waals surface area contributed by atoms with Gasteiger partial charge in [0.1, 0.15) is 23.4 Å². The van der Waals surface area contributed by atoms with Gasteiger partial charge in [-0.15, -0.1) is 0 Å². The van der Waals surface area contributed by atoms with Gasteiger partial charge in [-0.05, 0) is 75.4 Å². The summed E-state index contributed by atoms with van der Waals surface area (Å²) in [4.78, 5) is 62.0. The van der Waals surface area contributed by atoms with Crippen molar-refractivity contribution in [2.75, 3.05) is 62.2 Å². The average Bonchev–Trinajstić information content (AvgIpc) is 3.15. The highest BCUT2D eigenvalue weighted by atomic mass is 35.5. The van der Waals surface area contributed by atoms with Crippen molar-refractivity contribution in [2.45, 2.75) is 39.0 Å². The van der Waals surface area contributed by atoms with E-state index in [0.29, 0.717) is 27.7 Å². The van der Waals surface area contributed by atoms with Gasteiger partial charge in [-0.1, -0.05) is 11.6 Å². The Balaban J connectivity index is 0.00000406. The van der Waals surface area contributed by atoms with Gasteiger partial charge in [0.25, 0.3) is 5.56 Å². The molecule has 17 heteroatoms. The number of aliphatic hydroxyl groups is 1. The molecule has 5 rings (SSSR count). The Morgan fingerprint density at radius 2 is 1.72 bits per heavy atom. The number of urea groups is 1. The number of fused-ring (bicyclic) bond motifs is 1. The number of carbonyl (C=O) groups excluding carboxylic acids is 3. The van der Waals surface area contributed by atoms with Crippen molar-refractivity contribution in [3.63, 3.8) is 0 Å². The molecule has 286 valence electrons. The quantitative estimate of drug-likeness (QED) is 0.194. The third kappa shape index (κ3) is 8.55. The minimum absolute atomic E-state index is 0. The number of nitrogens with one attached hydrogen (secondary N) is 2. The first kappa shape index (κ1) is 38.6. The van der Waals surface area contributed by atoms with Crippen molar-refractivity contribution in [3.05, 3.63) is 87.7 Å². The Labute approximate surface area is 312 Å². The molecule has 1 fully saturated rings. The Bertz CT molecular complexity index is 2030. The largest absolute Gasteiger partial charge is 0.497 e. The fourth-order valence-corrected chi connectivity index (χ4v) is 6.19. The van der Waals surface area contributed by atoms with Crippen LogP contribution >= 0.6 is 11.6 Å². The molecule has 1 unspecified atom stereocenters. The van der Waals surface area contributed by atoms with Crippen molar-refractivity contribution in [3.8, 4) is 11.5 Å². The Morgan fingerprint density at radius 1 is 1.02 bits per heavy atom. The molecule has 53 heavy (non-hydrogen) atoms. The molecule has 0 spiro atoms. The molecule has 1 aliphatic rings. The zero-order valence-corrected chi connectivity index (χ0v) is 30.6. The lowest BCUT2D eigenvalue weighted by atomic mass is 10.1. The van der Waals surface area contributed by atoms with Crippen LogP contribution < -0.4 is 35.6 Å². The highest BCUT2D eigenvalue weighted by Crippen LogP contribution is 2.37. The van der Waals surface area contributed by atoms with E-state index in [2.05, 4.69) is 10.6 Å². The number of alkyl carbamates (subject to hydrolysis) is 1. The number of carbonyl (C=O) groups is 3. The maximum atomic E-state index is 14.4. The van der Waals surface area contributed by atoms with Gasteiger partial charge in [0, 0.05) is 32.7 Å². The number of methoxy groups -OCH3 is 2. The molecule has 4 aromatic rings. The molecule has 4 amide bonds. The van der Waals surface area contributed by atoms with E-state index in [1.54, 1.807) is 49.2 Å². The number of benzene rings is 3. The van der Waals surface area contributed by atoms with E-state index in [1.807, 2.05) is 0 Å². The van der Waals surface area contributed by atoms with Gasteiger partial charge >= 0.3 is 12.1 Å². The molecule has 0 saturated carbocycles. The number of piperazine rings is 1. The number of aromatic nitrogens is 2. The van der Waals surface area contributed by atoms with Crippen LogP contribution in [0.25, 0.3) is 10.9 Å². The Hall–Kier alpha value is -5.61. The zero-order valence-electron chi connectivity index (χ0n) is 29.8. The second-order valence-corrected chi connectivity index (χ2v) is 12.6. The number of ether oxygens (including phenoxy) is 3. The van der Waals surface area contributed by atoms with Gasteiger partial charge in [-0.3, -0.25) is 14.5 Å². The summed E-state index contributed by atoms with van der Waals surface area (Å²) >= 11 is 6.31. The molecule has 3 N–H and O–H groups in total. The molecular weight excluding hydrogens is 713 g/mol. The number of hydrogen-bond donors (Lipinski definition) is 3. The first-order valence-electron chi connectivity index (χ1n) is 16.8. The van der Waals surface area contributed by atoms with Crippen molar-refractivity contribution < 1.29 is 40.9 Å². The third-order valence-electron chi connectivity index (χ3n) is 8.70. The summed E-state index contributed by atoms with van der Waals surface area (Å²) in [5.41, 5.74) is 0.488. The molecule has 3 atom stereocenters. The number of anilines is 2. The lowest BCUT2D eigenvalue weighted by molar-refractivity contribution is -0.136. The van der Waals surface area contributed by atoms with Crippen LogP contribution in [0, 0.1) is 5.82 Å². The van der Waals surface area contributed by atoms with E-state index >= 15 is 0 Å². The maximum Gasteiger partial charge on any atom is 0.407 e. The summed E-state index contributed by atoms with van der Waals surface area (Å²) in [6, 6.07) is 12.0. The van der Waals surface area contributed by atoms with Gasteiger partial charge < -0.3 is 39.9 Å². The van der Waals surface area contributed by atoms with Crippen LogP contribution in [0.2, 0.25) is 5.02 Å². The van der Waals surface area contributed by atoms with E-state index in [4.69, 9.17) is 30.8 Å². The summed E-state index contributed by atoms with van der Waals surface area (Å²) in [6.45, 7) is 5.29. The molecule has 0 aliphatic carbocycles. The fourth-order valence-electron chi connectivity index (χ4n) is 6.02. The predicted molar refractivity (Wildman–Crippen MR) is 201 cm³/mol. The number of rotatable bonds is 11. The van der Waals surface area contributed by atoms with Crippen LogP contribution in [0.3, 0.4) is 0 Å². The number of hydrogen-bond acceptors (Lipinski definition) is 10.